The van der Waals surface area contributed by atoms with Gasteiger partial charge in [0.25, 0.3) is 5.91 Å². The van der Waals surface area contributed by atoms with Crippen LogP contribution in [0.4, 0.5) is 4.39 Å². The second-order valence-electron chi connectivity index (χ2n) is 6.89. The predicted octanol–water partition coefficient (Wildman–Crippen LogP) is 4.32. The Labute approximate surface area is 148 Å². The summed E-state index contributed by atoms with van der Waals surface area (Å²) in [5.41, 5.74) is 2.07. The van der Waals surface area contributed by atoms with Crippen molar-refractivity contribution in [1.29, 1.82) is 0 Å². The third-order valence-corrected chi connectivity index (χ3v) is 5.03. The maximum Gasteiger partial charge on any atom is 0.253 e. The van der Waals surface area contributed by atoms with Crippen molar-refractivity contribution in [2.45, 2.75) is 32.6 Å². The highest BCUT2D eigenvalue weighted by atomic mass is 19.1. The molecule has 132 valence electrons. The van der Waals surface area contributed by atoms with Gasteiger partial charge in [0, 0.05) is 18.7 Å². The molecule has 1 N–H and O–H groups in total. The summed E-state index contributed by atoms with van der Waals surface area (Å²) in [5, 5.41) is 9.62. The molecule has 1 amide bonds. The Kier molecular flexibility index (Phi) is 5.37. The number of carbonyl (C=O) groups is 1. The molecule has 0 saturated carbocycles. The summed E-state index contributed by atoms with van der Waals surface area (Å²) >= 11 is 0. The zero-order chi connectivity index (χ0) is 17.8. The SMILES string of the molecule is Cc1cc(C(=O)N2CCC[C@@H](CCc3ccccc3F)C2)ccc1O. The van der Waals surface area contributed by atoms with Gasteiger partial charge in [-0.2, -0.15) is 0 Å². The predicted molar refractivity (Wildman–Crippen MR) is 96.2 cm³/mol. The van der Waals surface area contributed by atoms with Crippen molar-refractivity contribution in [3.05, 3.63) is 65.0 Å². The van der Waals surface area contributed by atoms with E-state index in [0.717, 1.165) is 31.4 Å². The minimum Gasteiger partial charge on any atom is -0.508 e. The Hall–Kier alpha value is -2.36. The molecule has 1 aliphatic heterocycles. The van der Waals surface area contributed by atoms with Crippen LogP contribution < -0.4 is 0 Å². The molecule has 3 rings (SSSR count). The van der Waals surface area contributed by atoms with Crippen LogP contribution in [0.1, 0.15) is 40.7 Å². The van der Waals surface area contributed by atoms with Gasteiger partial charge in [-0.25, -0.2) is 4.39 Å². The van der Waals surface area contributed by atoms with E-state index < -0.39 is 0 Å². The largest absolute Gasteiger partial charge is 0.508 e. The number of nitrogens with zero attached hydrogens (tertiary/aromatic N) is 1. The lowest BCUT2D eigenvalue weighted by Crippen LogP contribution is -2.40. The minimum absolute atomic E-state index is 0.0127. The van der Waals surface area contributed by atoms with Crippen molar-refractivity contribution in [2.24, 2.45) is 5.92 Å². The third kappa shape index (κ3) is 4.19. The maximum atomic E-state index is 13.8. The Morgan fingerprint density at radius 2 is 2.08 bits per heavy atom. The number of hydrogen-bond donors (Lipinski definition) is 1. The summed E-state index contributed by atoms with van der Waals surface area (Å²) in [6.07, 6.45) is 3.65. The summed E-state index contributed by atoms with van der Waals surface area (Å²) in [6, 6.07) is 11.9. The van der Waals surface area contributed by atoms with Crippen LogP contribution in [-0.2, 0) is 6.42 Å². The quantitative estimate of drug-likeness (QED) is 0.899. The van der Waals surface area contributed by atoms with Crippen molar-refractivity contribution in [3.63, 3.8) is 0 Å². The molecule has 1 heterocycles. The fourth-order valence-corrected chi connectivity index (χ4v) is 3.52. The second kappa shape index (κ2) is 7.68. The van der Waals surface area contributed by atoms with Gasteiger partial charge in [-0.1, -0.05) is 18.2 Å². The number of amides is 1. The number of hydrogen-bond acceptors (Lipinski definition) is 2. The van der Waals surface area contributed by atoms with Crippen LogP contribution in [-0.4, -0.2) is 29.0 Å². The average molecular weight is 341 g/mol. The Bertz CT molecular complexity index is 759. The first-order chi connectivity index (χ1) is 12.0. The fourth-order valence-electron chi connectivity index (χ4n) is 3.52. The lowest BCUT2D eigenvalue weighted by molar-refractivity contribution is 0.0668. The van der Waals surface area contributed by atoms with Gasteiger partial charge in [0.05, 0.1) is 0 Å². The zero-order valence-corrected chi connectivity index (χ0v) is 14.5. The van der Waals surface area contributed by atoms with Crippen molar-refractivity contribution in [2.75, 3.05) is 13.1 Å². The summed E-state index contributed by atoms with van der Waals surface area (Å²) < 4.78 is 13.8. The topological polar surface area (TPSA) is 40.5 Å². The van der Waals surface area contributed by atoms with Crippen LogP contribution in [0.25, 0.3) is 0 Å². The van der Waals surface area contributed by atoms with E-state index in [9.17, 15) is 14.3 Å². The van der Waals surface area contributed by atoms with Crippen LogP contribution in [0.5, 0.6) is 5.75 Å². The molecule has 4 heteroatoms. The zero-order valence-electron chi connectivity index (χ0n) is 14.5. The van der Waals surface area contributed by atoms with Gasteiger partial charge >= 0.3 is 0 Å². The number of phenols is 1. The van der Waals surface area contributed by atoms with E-state index in [1.807, 2.05) is 17.0 Å². The molecule has 0 spiro atoms. The van der Waals surface area contributed by atoms with E-state index in [1.54, 1.807) is 31.2 Å². The maximum absolute atomic E-state index is 13.8. The molecular weight excluding hydrogens is 317 g/mol. The lowest BCUT2D eigenvalue weighted by atomic mass is 9.91. The van der Waals surface area contributed by atoms with E-state index in [4.69, 9.17) is 0 Å². The van der Waals surface area contributed by atoms with Gasteiger partial charge in [0.15, 0.2) is 0 Å². The average Bonchev–Trinajstić information content (AvgIpc) is 2.63. The van der Waals surface area contributed by atoms with Crippen molar-refractivity contribution >= 4 is 5.91 Å². The van der Waals surface area contributed by atoms with Crippen molar-refractivity contribution in [3.8, 4) is 5.75 Å². The number of piperidine rings is 1. The highest BCUT2D eigenvalue weighted by Gasteiger charge is 2.24. The second-order valence-corrected chi connectivity index (χ2v) is 6.89. The van der Waals surface area contributed by atoms with E-state index in [-0.39, 0.29) is 17.5 Å². The van der Waals surface area contributed by atoms with Crippen LogP contribution in [0, 0.1) is 18.7 Å². The molecule has 0 bridgehead atoms. The Morgan fingerprint density at radius 1 is 1.28 bits per heavy atom. The molecule has 0 radical (unpaired) electrons. The first kappa shape index (κ1) is 17.5. The van der Waals surface area contributed by atoms with Crippen molar-refractivity contribution in [1.82, 2.24) is 4.90 Å². The monoisotopic (exact) mass is 341 g/mol. The molecule has 1 saturated heterocycles. The highest BCUT2D eigenvalue weighted by molar-refractivity contribution is 5.94. The standard InChI is InChI=1S/C21H24FNO2/c1-15-13-18(10-11-20(15)24)21(25)23-12-4-5-16(14-23)8-9-17-6-2-3-7-19(17)22/h2-3,6-7,10-11,13,16,24H,4-5,8-9,12,14H2,1H3/t16-/m0/s1. The summed E-state index contributed by atoms with van der Waals surface area (Å²) in [4.78, 5) is 14.6. The molecule has 1 atom stereocenters. The van der Waals surface area contributed by atoms with Crippen LogP contribution in [0.15, 0.2) is 42.5 Å². The van der Waals surface area contributed by atoms with Gasteiger partial charge in [-0.15, -0.1) is 0 Å². The number of halogens is 1. The molecule has 3 nitrogen and oxygen atoms in total. The molecule has 0 aromatic heterocycles. The van der Waals surface area contributed by atoms with Crippen LogP contribution >= 0.6 is 0 Å². The van der Waals surface area contributed by atoms with Gasteiger partial charge in [0.2, 0.25) is 0 Å². The Morgan fingerprint density at radius 3 is 2.84 bits per heavy atom. The molecule has 0 unspecified atom stereocenters. The molecule has 1 aliphatic rings. The first-order valence-corrected chi connectivity index (χ1v) is 8.87. The number of rotatable bonds is 4. The van der Waals surface area contributed by atoms with E-state index in [0.29, 0.717) is 30.0 Å². The molecule has 25 heavy (non-hydrogen) atoms. The number of phenolic OH excluding ortho intramolecular Hbond substituents is 1. The molecule has 1 fully saturated rings. The molecule has 2 aromatic rings. The normalized spacial score (nSPS) is 17.5. The fraction of sp³-hybridized carbons (Fsp3) is 0.381. The van der Waals surface area contributed by atoms with Gasteiger partial charge in [-0.3, -0.25) is 4.79 Å². The molecular formula is C21H24FNO2. The highest BCUT2D eigenvalue weighted by Crippen LogP contribution is 2.25. The summed E-state index contributed by atoms with van der Waals surface area (Å²) in [5.74, 6) is 0.470. The van der Waals surface area contributed by atoms with E-state index >= 15 is 0 Å². The summed E-state index contributed by atoms with van der Waals surface area (Å²) in [6.45, 7) is 3.27. The number of aromatic hydroxyl groups is 1. The smallest absolute Gasteiger partial charge is 0.253 e. The number of likely N-dealkylation sites (tertiary alicyclic amines) is 1. The Balaban J connectivity index is 1.61. The van der Waals surface area contributed by atoms with Gasteiger partial charge < -0.3 is 10.0 Å². The lowest BCUT2D eigenvalue weighted by Gasteiger charge is -2.33. The van der Waals surface area contributed by atoms with Gasteiger partial charge in [0.1, 0.15) is 11.6 Å². The minimum atomic E-state index is -0.147. The molecule has 2 aromatic carbocycles. The number of aryl methyl sites for hydroxylation is 2. The first-order valence-electron chi connectivity index (χ1n) is 8.87. The van der Waals surface area contributed by atoms with E-state index in [2.05, 4.69) is 0 Å². The number of benzene rings is 2. The third-order valence-electron chi connectivity index (χ3n) is 5.03. The number of carbonyl (C=O) groups excluding carboxylic acids is 1. The molecule has 0 aliphatic carbocycles. The van der Waals surface area contributed by atoms with E-state index in [1.165, 1.54) is 6.07 Å². The summed E-state index contributed by atoms with van der Waals surface area (Å²) in [7, 11) is 0. The van der Waals surface area contributed by atoms with Crippen molar-refractivity contribution < 1.29 is 14.3 Å². The van der Waals surface area contributed by atoms with Crippen LogP contribution in [0.2, 0.25) is 0 Å². The van der Waals surface area contributed by atoms with Crippen LogP contribution in [0.3, 0.4) is 0 Å². The van der Waals surface area contributed by atoms with Gasteiger partial charge in [-0.05, 0) is 73.9 Å².